The van der Waals surface area contributed by atoms with Crippen LogP contribution in [0.4, 0.5) is 0 Å². The normalized spacial score (nSPS) is 20.1. The van der Waals surface area contributed by atoms with E-state index >= 15 is 0 Å². The van der Waals surface area contributed by atoms with Gasteiger partial charge in [-0.3, -0.25) is 0 Å². The molecule has 0 spiro atoms. The zero-order valence-corrected chi connectivity index (χ0v) is 15.3. The first-order chi connectivity index (χ1) is 11.2. The molecule has 0 amide bonds. The number of hydrogen-bond donors (Lipinski definition) is 2. The van der Waals surface area contributed by atoms with Crippen molar-refractivity contribution in [2.45, 2.75) is 87.4 Å². The lowest BCUT2D eigenvalue weighted by Gasteiger charge is -2.32. The van der Waals surface area contributed by atoms with E-state index in [1.807, 2.05) is 30.0 Å². The maximum atomic E-state index is 10.9. The van der Waals surface area contributed by atoms with Crippen molar-refractivity contribution < 1.29 is 5.11 Å². The van der Waals surface area contributed by atoms with Crippen molar-refractivity contribution in [2.24, 2.45) is 5.73 Å². The highest BCUT2D eigenvalue weighted by Gasteiger charge is 2.28. The van der Waals surface area contributed by atoms with Crippen molar-refractivity contribution in [3.05, 3.63) is 35.9 Å². The molecule has 3 unspecified atom stereocenters. The largest absolute Gasteiger partial charge is 0.390 e. The van der Waals surface area contributed by atoms with Crippen molar-refractivity contribution in [1.82, 2.24) is 0 Å². The van der Waals surface area contributed by atoms with Gasteiger partial charge in [0.15, 0.2) is 0 Å². The van der Waals surface area contributed by atoms with Gasteiger partial charge < -0.3 is 10.8 Å². The minimum Gasteiger partial charge on any atom is -0.390 e. The molecule has 1 aliphatic carbocycles. The second kappa shape index (κ2) is 10.4. The highest BCUT2D eigenvalue weighted by atomic mass is 32.2. The van der Waals surface area contributed by atoms with Crippen LogP contribution in [0, 0.1) is 0 Å². The van der Waals surface area contributed by atoms with Gasteiger partial charge in [0.2, 0.25) is 0 Å². The molecule has 1 fully saturated rings. The Morgan fingerprint density at radius 1 is 1.17 bits per heavy atom. The predicted molar refractivity (Wildman–Crippen MR) is 102 cm³/mol. The maximum Gasteiger partial charge on any atom is 0.0812 e. The molecule has 3 N–H and O–H groups in total. The first kappa shape index (κ1) is 18.8. The summed E-state index contributed by atoms with van der Waals surface area (Å²) in [6, 6.07) is 10.1. The predicted octanol–water partition coefficient (Wildman–Crippen LogP) is 4.54. The first-order valence-electron chi connectivity index (χ1n) is 9.33. The number of hydrogen-bond acceptors (Lipinski definition) is 3. The van der Waals surface area contributed by atoms with Gasteiger partial charge in [-0.25, -0.2) is 0 Å². The smallest absolute Gasteiger partial charge is 0.0812 e. The summed E-state index contributed by atoms with van der Waals surface area (Å²) in [6.45, 7) is 2.22. The summed E-state index contributed by atoms with van der Waals surface area (Å²) in [4.78, 5) is 0. The monoisotopic (exact) mass is 335 g/mol. The Morgan fingerprint density at radius 3 is 2.52 bits per heavy atom. The van der Waals surface area contributed by atoms with Gasteiger partial charge in [-0.05, 0) is 31.2 Å². The van der Waals surface area contributed by atoms with Gasteiger partial charge in [-0.1, -0.05) is 69.4 Å². The summed E-state index contributed by atoms with van der Waals surface area (Å²) in [6.07, 6.45) is 10.5. The molecule has 0 saturated heterocycles. The van der Waals surface area contributed by atoms with E-state index in [1.165, 1.54) is 50.5 Å². The Morgan fingerprint density at radius 2 is 1.87 bits per heavy atom. The van der Waals surface area contributed by atoms with Crippen molar-refractivity contribution in [2.75, 3.05) is 0 Å². The van der Waals surface area contributed by atoms with Gasteiger partial charge in [0.1, 0.15) is 0 Å². The Balaban J connectivity index is 1.92. The van der Waals surface area contributed by atoms with Crippen LogP contribution in [-0.2, 0) is 6.42 Å². The molecule has 1 saturated carbocycles. The number of rotatable bonds is 9. The van der Waals surface area contributed by atoms with E-state index in [9.17, 15) is 5.11 Å². The fourth-order valence-corrected chi connectivity index (χ4v) is 5.22. The van der Waals surface area contributed by atoms with Crippen molar-refractivity contribution >= 4 is 11.8 Å². The standard InChI is InChI=1S/C20H33NOS/c1-2-3-14-19(23-17-12-8-5-9-13-17)20(22)18(21)15-16-10-6-4-7-11-16/h4,6-7,10-11,17-20,22H,2-3,5,8-9,12-15,21H2,1H3. The molecule has 0 aromatic heterocycles. The van der Waals surface area contributed by atoms with Crippen LogP contribution >= 0.6 is 11.8 Å². The van der Waals surface area contributed by atoms with Crippen LogP contribution in [0.25, 0.3) is 0 Å². The number of thioether (sulfide) groups is 1. The molecule has 3 atom stereocenters. The number of nitrogens with two attached hydrogens (primary N) is 1. The van der Waals surface area contributed by atoms with Gasteiger partial charge in [-0.15, -0.1) is 0 Å². The SMILES string of the molecule is CCCCC(SC1CCCCC1)C(O)C(N)Cc1ccccc1. The molecule has 0 radical (unpaired) electrons. The highest BCUT2D eigenvalue weighted by molar-refractivity contribution is 8.00. The second-order valence-corrected chi connectivity index (χ2v) is 8.47. The minimum absolute atomic E-state index is 0.171. The Bertz CT molecular complexity index is 419. The van der Waals surface area contributed by atoms with Crippen molar-refractivity contribution in [1.29, 1.82) is 0 Å². The molecule has 130 valence electrons. The number of aliphatic hydroxyl groups is 1. The van der Waals surface area contributed by atoms with Gasteiger partial charge in [0.05, 0.1) is 6.10 Å². The minimum atomic E-state index is -0.409. The molecule has 2 nitrogen and oxygen atoms in total. The Kier molecular flexibility index (Phi) is 8.49. The van der Waals surface area contributed by atoms with Crippen molar-refractivity contribution in [3.8, 4) is 0 Å². The molecule has 0 bridgehead atoms. The lowest BCUT2D eigenvalue weighted by molar-refractivity contribution is 0.137. The van der Waals surface area contributed by atoms with E-state index in [1.54, 1.807) is 0 Å². The van der Waals surface area contributed by atoms with Crippen molar-refractivity contribution in [3.63, 3.8) is 0 Å². The van der Waals surface area contributed by atoms with Crippen LogP contribution in [0.5, 0.6) is 0 Å². The lowest BCUT2D eigenvalue weighted by Crippen LogP contribution is -2.43. The van der Waals surface area contributed by atoms with E-state index in [2.05, 4.69) is 19.1 Å². The van der Waals surface area contributed by atoms with Gasteiger partial charge in [-0.2, -0.15) is 11.8 Å². The molecule has 3 heteroatoms. The van der Waals surface area contributed by atoms with Crippen LogP contribution in [0.2, 0.25) is 0 Å². The van der Waals surface area contributed by atoms with Crippen LogP contribution in [-0.4, -0.2) is 27.8 Å². The Labute approximate surface area is 146 Å². The topological polar surface area (TPSA) is 46.2 Å². The Hall–Kier alpha value is -0.510. The van der Waals surface area contributed by atoms with E-state index in [-0.39, 0.29) is 11.3 Å². The van der Waals surface area contributed by atoms with E-state index in [4.69, 9.17) is 5.73 Å². The summed E-state index contributed by atoms with van der Waals surface area (Å²) in [5, 5.41) is 11.9. The number of benzene rings is 1. The van der Waals surface area contributed by atoms with Crippen LogP contribution in [0.15, 0.2) is 30.3 Å². The molecule has 2 rings (SSSR count). The lowest BCUT2D eigenvalue weighted by atomic mass is 9.97. The number of unbranched alkanes of at least 4 members (excludes halogenated alkanes) is 1. The summed E-state index contributed by atoms with van der Waals surface area (Å²) >= 11 is 2.02. The maximum absolute atomic E-state index is 10.9. The third-order valence-electron chi connectivity index (χ3n) is 4.90. The summed E-state index contributed by atoms with van der Waals surface area (Å²) in [5.74, 6) is 0. The molecule has 1 aliphatic rings. The average molecular weight is 336 g/mol. The van der Waals surface area contributed by atoms with Crippen LogP contribution in [0.1, 0.15) is 63.9 Å². The van der Waals surface area contributed by atoms with Gasteiger partial charge in [0, 0.05) is 16.5 Å². The second-order valence-electron chi connectivity index (χ2n) is 6.92. The molecular weight excluding hydrogens is 302 g/mol. The zero-order chi connectivity index (χ0) is 16.5. The van der Waals surface area contributed by atoms with Crippen LogP contribution in [0.3, 0.4) is 0 Å². The fourth-order valence-electron chi connectivity index (χ4n) is 3.46. The zero-order valence-electron chi connectivity index (χ0n) is 14.5. The number of aliphatic hydroxyl groups excluding tert-OH is 1. The highest BCUT2D eigenvalue weighted by Crippen LogP contribution is 2.35. The fraction of sp³-hybridized carbons (Fsp3) is 0.700. The molecule has 0 heterocycles. The molecule has 0 aliphatic heterocycles. The molecule has 23 heavy (non-hydrogen) atoms. The molecule has 1 aromatic carbocycles. The van der Waals surface area contributed by atoms with E-state index in [0.29, 0.717) is 0 Å². The van der Waals surface area contributed by atoms with Crippen LogP contribution < -0.4 is 5.73 Å². The molecular formula is C20H33NOS. The van der Waals surface area contributed by atoms with Gasteiger partial charge in [0.25, 0.3) is 0 Å². The quantitative estimate of drug-likeness (QED) is 0.696. The third kappa shape index (κ3) is 6.48. The van der Waals surface area contributed by atoms with E-state index < -0.39 is 6.10 Å². The third-order valence-corrected chi connectivity index (χ3v) is 6.62. The summed E-state index contributed by atoms with van der Waals surface area (Å²) < 4.78 is 0. The molecule has 1 aromatic rings. The van der Waals surface area contributed by atoms with E-state index in [0.717, 1.165) is 18.1 Å². The summed E-state index contributed by atoms with van der Waals surface area (Å²) in [7, 11) is 0. The average Bonchev–Trinajstić information content (AvgIpc) is 2.59. The first-order valence-corrected chi connectivity index (χ1v) is 10.3. The van der Waals surface area contributed by atoms with Gasteiger partial charge >= 0.3 is 0 Å². The summed E-state index contributed by atoms with van der Waals surface area (Å²) in [5.41, 5.74) is 7.58.